The van der Waals surface area contributed by atoms with Crippen LogP contribution in [0.15, 0.2) is 37.1 Å². The number of hydrogen-bond acceptors (Lipinski definition) is 3. The Hall–Kier alpha value is -1.48. The lowest BCUT2D eigenvalue weighted by Crippen LogP contribution is -2.20. The van der Waals surface area contributed by atoms with Crippen LogP contribution in [0.25, 0.3) is 0 Å². The summed E-state index contributed by atoms with van der Waals surface area (Å²) in [5, 5.41) is 12.7. The van der Waals surface area contributed by atoms with Crippen LogP contribution in [-0.4, -0.2) is 18.3 Å². The van der Waals surface area contributed by atoms with Gasteiger partial charge in [-0.3, -0.25) is 0 Å². The Morgan fingerprint density at radius 2 is 2.38 bits per heavy atom. The van der Waals surface area contributed by atoms with Gasteiger partial charge < -0.3 is 15.2 Å². The van der Waals surface area contributed by atoms with Gasteiger partial charge in [0.2, 0.25) is 0 Å². The fourth-order valence-electron chi connectivity index (χ4n) is 1.47. The van der Waals surface area contributed by atoms with Crippen LogP contribution in [0.2, 0.25) is 0 Å². The second-order valence-electron chi connectivity index (χ2n) is 3.66. The van der Waals surface area contributed by atoms with E-state index in [2.05, 4.69) is 18.8 Å². The van der Waals surface area contributed by atoms with Crippen molar-refractivity contribution in [2.24, 2.45) is 0 Å². The molecule has 0 heterocycles. The van der Waals surface area contributed by atoms with Crippen molar-refractivity contribution in [2.75, 3.05) is 13.2 Å². The molecule has 1 atom stereocenters. The molecule has 2 N–H and O–H groups in total. The molecule has 0 amide bonds. The minimum atomic E-state index is 0.232. The maximum Gasteiger partial charge on any atom is 0.115 e. The van der Waals surface area contributed by atoms with Crippen molar-refractivity contribution in [3.05, 3.63) is 42.7 Å². The van der Waals surface area contributed by atoms with Gasteiger partial charge in [0.05, 0.1) is 12.9 Å². The zero-order chi connectivity index (χ0) is 11.8. The highest BCUT2D eigenvalue weighted by molar-refractivity contribution is 5.28. The van der Waals surface area contributed by atoms with E-state index in [1.165, 1.54) is 6.26 Å². The summed E-state index contributed by atoms with van der Waals surface area (Å²) in [4.78, 5) is 0. The molecule has 3 nitrogen and oxygen atoms in total. The van der Waals surface area contributed by atoms with Gasteiger partial charge in [-0.1, -0.05) is 18.7 Å². The molecule has 0 aliphatic heterocycles. The summed E-state index contributed by atoms with van der Waals surface area (Å²) in [5.74, 6) is 0.307. The molecule has 1 aromatic rings. The van der Waals surface area contributed by atoms with E-state index in [1.54, 1.807) is 12.1 Å². The van der Waals surface area contributed by atoms with E-state index in [4.69, 9.17) is 4.74 Å². The Morgan fingerprint density at radius 3 is 3.06 bits per heavy atom. The molecule has 0 spiro atoms. The summed E-state index contributed by atoms with van der Waals surface area (Å²) >= 11 is 0. The van der Waals surface area contributed by atoms with Gasteiger partial charge in [0.1, 0.15) is 5.75 Å². The molecule has 0 bridgehead atoms. The Bertz CT molecular complexity index is 325. The molecular weight excluding hydrogens is 202 g/mol. The SMILES string of the molecule is C=COCCCNC(C)c1cccc(O)c1. The van der Waals surface area contributed by atoms with Crippen molar-refractivity contribution in [1.29, 1.82) is 0 Å². The molecule has 16 heavy (non-hydrogen) atoms. The van der Waals surface area contributed by atoms with E-state index in [9.17, 15) is 5.11 Å². The van der Waals surface area contributed by atoms with E-state index in [1.807, 2.05) is 12.1 Å². The van der Waals surface area contributed by atoms with Crippen molar-refractivity contribution in [3.8, 4) is 5.75 Å². The van der Waals surface area contributed by atoms with Gasteiger partial charge in [0, 0.05) is 6.04 Å². The van der Waals surface area contributed by atoms with E-state index in [-0.39, 0.29) is 6.04 Å². The largest absolute Gasteiger partial charge is 0.508 e. The summed E-state index contributed by atoms with van der Waals surface area (Å²) < 4.78 is 5.02. The maximum absolute atomic E-state index is 9.34. The molecule has 0 fully saturated rings. The molecule has 88 valence electrons. The smallest absolute Gasteiger partial charge is 0.115 e. The second-order valence-corrected chi connectivity index (χ2v) is 3.66. The molecule has 0 aliphatic rings. The highest BCUT2D eigenvalue weighted by Gasteiger charge is 2.04. The summed E-state index contributed by atoms with van der Waals surface area (Å²) in [6, 6.07) is 7.53. The zero-order valence-corrected chi connectivity index (χ0v) is 9.65. The lowest BCUT2D eigenvalue weighted by molar-refractivity contribution is 0.243. The standard InChI is InChI=1S/C13H19NO2/c1-3-16-9-5-8-14-11(2)12-6-4-7-13(15)10-12/h3-4,6-7,10-11,14-15H,1,5,8-9H2,2H3. The van der Waals surface area contributed by atoms with Crippen LogP contribution < -0.4 is 5.32 Å². The van der Waals surface area contributed by atoms with Crippen molar-refractivity contribution in [1.82, 2.24) is 5.32 Å². The van der Waals surface area contributed by atoms with Crippen LogP contribution in [-0.2, 0) is 4.74 Å². The summed E-state index contributed by atoms with van der Waals surface area (Å²) in [5.41, 5.74) is 1.09. The average molecular weight is 221 g/mol. The lowest BCUT2D eigenvalue weighted by atomic mass is 10.1. The third-order valence-corrected chi connectivity index (χ3v) is 2.38. The minimum absolute atomic E-state index is 0.232. The number of phenols is 1. The van der Waals surface area contributed by atoms with Gasteiger partial charge in [-0.2, -0.15) is 0 Å². The predicted molar refractivity (Wildman–Crippen MR) is 65.3 cm³/mol. The maximum atomic E-state index is 9.34. The first-order valence-corrected chi connectivity index (χ1v) is 5.49. The minimum Gasteiger partial charge on any atom is -0.508 e. The van der Waals surface area contributed by atoms with Gasteiger partial charge in [0.15, 0.2) is 0 Å². The third kappa shape index (κ3) is 4.36. The Labute approximate surface area is 96.8 Å². The molecule has 1 rings (SSSR count). The monoisotopic (exact) mass is 221 g/mol. The molecule has 1 aromatic carbocycles. The van der Waals surface area contributed by atoms with Crippen LogP contribution in [0.3, 0.4) is 0 Å². The Morgan fingerprint density at radius 1 is 1.56 bits per heavy atom. The molecule has 0 radical (unpaired) electrons. The van der Waals surface area contributed by atoms with Crippen LogP contribution in [0.4, 0.5) is 0 Å². The fraction of sp³-hybridized carbons (Fsp3) is 0.385. The van der Waals surface area contributed by atoms with Crippen molar-refractivity contribution in [3.63, 3.8) is 0 Å². The van der Waals surface area contributed by atoms with Gasteiger partial charge in [-0.15, -0.1) is 0 Å². The van der Waals surface area contributed by atoms with Gasteiger partial charge in [-0.25, -0.2) is 0 Å². The Kier molecular flexibility index (Phi) is 5.43. The molecule has 0 aromatic heterocycles. The quantitative estimate of drug-likeness (QED) is 0.549. The van der Waals surface area contributed by atoms with Gasteiger partial charge >= 0.3 is 0 Å². The van der Waals surface area contributed by atoms with Crippen molar-refractivity contribution >= 4 is 0 Å². The van der Waals surface area contributed by atoms with Crippen LogP contribution in [0.5, 0.6) is 5.75 Å². The Balaban J connectivity index is 2.29. The number of hydrogen-bond donors (Lipinski definition) is 2. The highest BCUT2D eigenvalue weighted by atomic mass is 16.5. The number of aromatic hydroxyl groups is 1. The van der Waals surface area contributed by atoms with E-state index in [0.29, 0.717) is 12.4 Å². The summed E-state index contributed by atoms with van der Waals surface area (Å²) in [6.07, 6.45) is 2.40. The average Bonchev–Trinajstić information content (AvgIpc) is 2.28. The first kappa shape index (κ1) is 12.6. The number of ether oxygens (including phenoxy) is 1. The van der Waals surface area contributed by atoms with Crippen LogP contribution in [0.1, 0.15) is 24.9 Å². The lowest BCUT2D eigenvalue weighted by Gasteiger charge is -2.14. The topological polar surface area (TPSA) is 41.5 Å². The molecule has 0 saturated carbocycles. The fourth-order valence-corrected chi connectivity index (χ4v) is 1.47. The zero-order valence-electron chi connectivity index (χ0n) is 9.65. The molecular formula is C13H19NO2. The van der Waals surface area contributed by atoms with E-state index in [0.717, 1.165) is 18.5 Å². The number of rotatable bonds is 7. The van der Waals surface area contributed by atoms with Gasteiger partial charge in [-0.05, 0) is 37.6 Å². The first-order chi connectivity index (χ1) is 7.74. The number of phenolic OH excluding ortho intramolecular Hbond substituents is 1. The normalized spacial score (nSPS) is 12.1. The second kappa shape index (κ2) is 6.90. The molecule has 3 heteroatoms. The van der Waals surface area contributed by atoms with Gasteiger partial charge in [0.25, 0.3) is 0 Å². The first-order valence-electron chi connectivity index (χ1n) is 5.49. The van der Waals surface area contributed by atoms with Crippen LogP contribution in [0, 0.1) is 0 Å². The summed E-state index contributed by atoms with van der Waals surface area (Å²) in [7, 11) is 0. The molecule has 0 saturated heterocycles. The predicted octanol–water partition coefficient (Wildman–Crippen LogP) is 2.59. The number of nitrogens with one attached hydrogen (secondary N) is 1. The van der Waals surface area contributed by atoms with E-state index >= 15 is 0 Å². The highest BCUT2D eigenvalue weighted by Crippen LogP contribution is 2.17. The molecule has 0 aliphatic carbocycles. The summed E-state index contributed by atoms with van der Waals surface area (Å²) in [6.45, 7) is 7.12. The number of benzene rings is 1. The third-order valence-electron chi connectivity index (χ3n) is 2.38. The van der Waals surface area contributed by atoms with E-state index < -0.39 is 0 Å². The van der Waals surface area contributed by atoms with Crippen molar-refractivity contribution < 1.29 is 9.84 Å². The molecule has 1 unspecified atom stereocenters. The van der Waals surface area contributed by atoms with Crippen LogP contribution >= 0.6 is 0 Å². The van der Waals surface area contributed by atoms with Crippen molar-refractivity contribution in [2.45, 2.75) is 19.4 Å².